The Morgan fingerprint density at radius 1 is 1.38 bits per heavy atom. The molecular weight excluding hydrogens is 290 g/mol. The minimum Gasteiger partial charge on any atom is -0.312 e. The molecule has 0 saturated carbocycles. The highest BCUT2D eigenvalue weighted by molar-refractivity contribution is 7.13. The molecule has 0 aliphatic heterocycles. The van der Waals surface area contributed by atoms with Gasteiger partial charge in [-0.25, -0.2) is 0 Å². The lowest BCUT2D eigenvalue weighted by atomic mass is 10.3. The molecule has 0 spiro atoms. The van der Waals surface area contributed by atoms with Gasteiger partial charge in [0.2, 0.25) is 0 Å². The van der Waals surface area contributed by atoms with Crippen LogP contribution in [0.25, 0.3) is 5.65 Å². The highest BCUT2D eigenvalue weighted by atomic mass is 32.1. The largest absolute Gasteiger partial charge is 0.324 e. The molecule has 8 heteroatoms. The Labute approximate surface area is 124 Å². The molecule has 1 N–H and O–H groups in total. The highest BCUT2D eigenvalue weighted by Gasteiger charge is 2.09. The molecule has 0 aliphatic rings. The van der Waals surface area contributed by atoms with Gasteiger partial charge in [0, 0.05) is 37.2 Å². The van der Waals surface area contributed by atoms with Gasteiger partial charge in [0.25, 0.3) is 0 Å². The van der Waals surface area contributed by atoms with Crippen molar-refractivity contribution in [1.29, 1.82) is 0 Å². The Morgan fingerprint density at radius 3 is 3.10 bits per heavy atom. The van der Waals surface area contributed by atoms with E-state index in [-0.39, 0.29) is 9.92 Å². The van der Waals surface area contributed by atoms with Gasteiger partial charge >= 0.3 is 5.00 Å². The number of pyridine rings is 1. The van der Waals surface area contributed by atoms with E-state index in [0.29, 0.717) is 6.54 Å². The molecule has 3 heterocycles. The molecule has 0 atom stereocenters. The van der Waals surface area contributed by atoms with Gasteiger partial charge in [0.05, 0.1) is 4.92 Å². The van der Waals surface area contributed by atoms with Crippen LogP contribution < -0.4 is 5.32 Å². The highest BCUT2D eigenvalue weighted by Crippen LogP contribution is 2.22. The van der Waals surface area contributed by atoms with Gasteiger partial charge in [-0.1, -0.05) is 17.4 Å². The number of hydrogen-bond acceptors (Lipinski definition) is 6. The van der Waals surface area contributed by atoms with E-state index in [4.69, 9.17) is 0 Å². The predicted molar refractivity (Wildman–Crippen MR) is 79.4 cm³/mol. The van der Waals surface area contributed by atoms with E-state index in [1.54, 1.807) is 11.4 Å². The number of nitrogens with zero attached hydrogens (tertiary/aromatic N) is 4. The molecule has 0 radical (unpaired) electrons. The van der Waals surface area contributed by atoms with Crippen LogP contribution in [0.15, 0.2) is 35.8 Å². The lowest BCUT2D eigenvalue weighted by Crippen LogP contribution is -2.17. The Hall–Kier alpha value is -2.32. The standard InChI is InChI=1S/C13H13N5O2S/c19-18(20)13-7-10(9-21-13)8-14-5-4-12-16-15-11-3-1-2-6-17(11)12/h1-3,6-7,9,14H,4-5,8H2. The Bertz CT molecular complexity index is 767. The van der Waals surface area contributed by atoms with Crippen molar-refractivity contribution >= 4 is 22.0 Å². The van der Waals surface area contributed by atoms with E-state index in [9.17, 15) is 10.1 Å². The molecule has 0 aromatic carbocycles. The molecule has 3 rings (SSSR count). The first kappa shape index (κ1) is 13.7. The van der Waals surface area contributed by atoms with E-state index in [2.05, 4.69) is 15.5 Å². The van der Waals surface area contributed by atoms with E-state index in [0.717, 1.165) is 41.3 Å². The monoisotopic (exact) mass is 303 g/mol. The van der Waals surface area contributed by atoms with Gasteiger partial charge in [-0.15, -0.1) is 10.2 Å². The average Bonchev–Trinajstić information content (AvgIpc) is 3.11. The van der Waals surface area contributed by atoms with Crippen LogP contribution in [0, 0.1) is 10.1 Å². The molecule has 0 unspecified atom stereocenters. The third-order valence-electron chi connectivity index (χ3n) is 3.06. The average molecular weight is 303 g/mol. The van der Waals surface area contributed by atoms with Crippen molar-refractivity contribution < 1.29 is 4.92 Å². The first-order chi connectivity index (χ1) is 10.2. The topological polar surface area (TPSA) is 85.4 Å². The predicted octanol–water partition coefficient (Wildman–Crippen LogP) is 2.03. The number of thiophene rings is 1. The van der Waals surface area contributed by atoms with E-state index in [1.165, 1.54) is 0 Å². The fourth-order valence-corrected chi connectivity index (χ4v) is 2.77. The van der Waals surface area contributed by atoms with Crippen LogP contribution in [0.2, 0.25) is 0 Å². The van der Waals surface area contributed by atoms with E-state index >= 15 is 0 Å². The number of nitro groups is 1. The summed E-state index contributed by atoms with van der Waals surface area (Å²) in [5.74, 6) is 0.898. The van der Waals surface area contributed by atoms with Crippen LogP contribution in [-0.2, 0) is 13.0 Å². The molecule has 0 saturated heterocycles. The van der Waals surface area contributed by atoms with Gasteiger partial charge in [-0.3, -0.25) is 14.5 Å². The minimum atomic E-state index is -0.365. The van der Waals surface area contributed by atoms with Crippen molar-refractivity contribution in [3.63, 3.8) is 0 Å². The Balaban J connectivity index is 1.53. The van der Waals surface area contributed by atoms with Crippen LogP contribution in [-0.4, -0.2) is 26.1 Å². The number of aromatic nitrogens is 3. The molecule has 0 fully saturated rings. The summed E-state index contributed by atoms with van der Waals surface area (Å²) in [5, 5.41) is 24.1. The van der Waals surface area contributed by atoms with Crippen molar-refractivity contribution in [2.75, 3.05) is 6.54 Å². The molecule has 21 heavy (non-hydrogen) atoms. The molecule has 108 valence electrons. The molecule has 7 nitrogen and oxygen atoms in total. The zero-order valence-corrected chi connectivity index (χ0v) is 11.9. The summed E-state index contributed by atoms with van der Waals surface area (Å²) in [6.45, 7) is 1.35. The fraction of sp³-hybridized carbons (Fsp3) is 0.231. The number of nitrogens with one attached hydrogen (secondary N) is 1. The third-order valence-corrected chi connectivity index (χ3v) is 3.99. The van der Waals surface area contributed by atoms with Crippen molar-refractivity contribution in [3.05, 3.63) is 57.3 Å². The maximum Gasteiger partial charge on any atom is 0.324 e. The zero-order chi connectivity index (χ0) is 14.7. The molecule has 0 bridgehead atoms. The number of hydrogen-bond donors (Lipinski definition) is 1. The van der Waals surface area contributed by atoms with Crippen LogP contribution >= 0.6 is 11.3 Å². The quantitative estimate of drug-likeness (QED) is 0.428. The second kappa shape index (κ2) is 5.98. The van der Waals surface area contributed by atoms with Gasteiger partial charge in [-0.2, -0.15) is 0 Å². The van der Waals surface area contributed by atoms with Crippen LogP contribution in [0.1, 0.15) is 11.4 Å². The van der Waals surface area contributed by atoms with Crippen molar-refractivity contribution in [1.82, 2.24) is 19.9 Å². The first-order valence-corrected chi connectivity index (χ1v) is 7.33. The molecule has 0 amide bonds. The Morgan fingerprint density at radius 2 is 2.29 bits per heavy atom. The lowest BCUT2D eigenvalue weighted by molar-refractivity contribution is -0.380. The van der Waals surface area contributed by atoms with Crippen LogP contribution in [0.3, 0.4) is 0 Å². The summed E-state index contributed by atoms with van der Waals surface area (Å²) in [4.78, 5) is 10.2. The zero-order valence-electron chi connectivity index (χ0n) is 11.1. The second-order valence-corrected chi connectivity index (χ2v) is 5.41. The third kappa shape index (κ3) is 3.06. The molecule has 3 aromatic rings. The summed E-state index contributed by atoms with van der Waals surface area (Å²) >= 11 is 1.15. The summed E-state index contributed by atoms with van der Waals surface area (Å²) in [5.41, 5.74) is 1.76. The van der Waals surface area contributed by atoms with Gasteiger partial charge in [-0.05, 0) is 17.7 Å². The number of rotatable bonds is 6. The molecule has 0 aliphatic carbocycles. The van der Waals surface area contributed by atoms with Gasteiger partial charge in [0.15, 0.2) is 5.65 Å². The lowest BCUT2D eigenvalue weighted by Gasteiger charge is -2.02. The first-order valence-electron chi connectivity index (χ1n) is 6.45. The summed E-state index contributed by atoms with van der Waals surface area (Å²) in [6, 6.07) is 7.38. The summed E-state index contributed by atoms with van der Waals surface area (Å²) in [7, 11) is 0. The maximum atomic E-state index is 10.6. The summed E-state index contributed by atoms with van der Waals surface area (Å²) in [6.07, 6.45) is 2.68. The van der Waals surface area contributed by atoms with Crippen molar-refractivity contribution in [3.8, 4) is 0 Å². The molecular formula is C13H13N5O2S. The van der Waals surface area contributed by atoms with Crippen molar-refractivity contribution in [2.45, 2.75) is 13.0 Å². The maximum absolute atomic E-state index is 10.6. The summed E-state index contributed by atoms with van der Waals surface area (Å²) < 4.78 is 1.96. The van der Waals surface area contributed by atoms with Crippen LogP contribution in [0.4, 0.5) is 5.00 Å². The van der Waals surface area contributed by atoms with Crippen LogP contribution in [0.5, 0.6) is 0 Å². The fourth-order valence-electron chi connectivity index (χ4n) is 2.05. The Kier molecular flexibility index (Phi) is 3.89. The van der Waals surface area contributed by atoms with Gasteiger partial charge in [0.1, 0.15) is 5.82 Å². The second-order valence-electron chi connectivity index (χ2n) is 4.52. The van der Waals surface area contributed by atoms with Crippen molar-refractivity contribution in [2.24, 2.45) is 0 Å². The smallest absolute Gasteiger partial charge is 0.312 e. The van der Waals surface area contributed by atoms with E-state index in [1.807, 2.05) is 28.8 Å². The number of fused-ring (bicyclic) bond motifs is 1. The SMILES string of the molecule is O=[N+]([O-])c1cc(CNCCc2nnc3ccccn23)cs1. The van der Waals surface area contributed by atoms with Gasteiger partial charge < -0.3 is 5.32 Å². The minimum absolute atomic E-state index is 0.176. The normalized spacial score (nSPS) is 11.0. The molecule has 3 aromatic heterocycles. The van der Waals surface area contributed by atoms with E-state index < -0.39 is 0 Å².